The Labute approximate surface area is 186 Å². The number of rotatable bonds is 8. The number of hydrogen-bond acceptors (Lipinski definition) is 9. The smallest absolute Gasteiger partial charge is 0.336 e. The van der Waals surface area contributed by atoms with Gasteiger partial charge in [0, 0.05) is 30.0 Å². The number of carbonyl (C=O) groups is 2. The van der Waals surface area contributed by atoms with Gasteiger partial charge in [-0.05, 0) is 45.4 Å². The zero-order chi connectivity index (χ0) is 23.3. The maximum atomic E-state index is 13.1. The first-order valence-electron chi connectivity index (χ1n) is 10.3. The third kappa shape index (κ3) is 5.11. The monoisotopic (exact) mass is 441 g/mol. The lowest BCUT2D eigenvalue weighted by Gasteiger charge is -2.32. The van der Waals surface area contributed by atoms with E-state index in [1.807, 2.05) is 24.3 Å². The molecule has 1 aliphatic heterocycles. The summed E-state index contributed by atoms with van der Waals surface area (Å²) in [6.07, 6.45) is 0.926. The van der Waals surface area contributed by atoms with Crippen LogP contribution in [0.5, 0.6) is 0 Å². The average Bonchev–Trinajstić information content (AvgIpc) is 3.27. The van der Waals surface area contributed by atoms with Gasteiger partial charge in [0.25, 0.3) is 0 Å². The minimum absolute atomic E-state index is 0.0880. The average molecular weight is 441 g/mol. The number of aliphatic imine (C=N–C) groups is 1. The maximum Gasteiger partial charge on any atom is 0.336 e. The van der Waals surface area contributed by atoms with Crippen molar-refractivity contribution in [2.45, 2.75) is 39.7 Å². The fourth-order valence-electron chi connectivity index (χ4n) is 3.73. The van der Waals surface area contributed by atoms with Crippen LogP contribution < -0.4 is 0 Å². The van der Waals surface area contributed by atoms with Gasteiger partial charge >= 0.3 is 11.9 Å². The number of hydrogen-bond donors (Lipinski definition) is 0. The summed E-state index contributed by atoms with van der Waals surface area (Å²) in [4.78, 5) is 30.7. The third-order valence-corrected chi connectivity index (χ3v) is 5.03. The van der Waals surface area contributed by atoms with Gasteiger partial charge in [-0.2, -0.15) is 0 Å². The van der Waals surface area contributed by atoms with E-state index >= 15 is 0 Å². The minimum atomic E-state index is -0.788. The van der Waals surface area contributed by atoms with Gasteiger partial charge in [0.2, 0.25) is 12.3 Å². The van der Waals surface area contributed by atoms with E-state index in [2.05, 4.69) is 15.2 Å². The predicted octanol–water partition coefficient (Wildman–Crippen LogP) is 3.33. The molecule has 1 aromatic heterocycles. The molecule has 32 heavy (non-hydrogen) atoms. The SMILES string of the molecule is COCCOC(=O)C1=C(C)N=C(C)C(C(=O)OC(C)C)C1c1cccc(-c2nnco2)c1. The van der Waals surface area contributed by atoms with Gasteiger partial charge in [0.15, 0.2) is 0 Å². The van der Waals surface area contributed by atoms with Gasteiger partial charge in [-0.1, -0.05) is 12.1 Å². The fourth-order valence-corrected chi connectivity index (χ4v) is 3.73. The molecular formula is C23H27N3O6. The Morgan fingerprint density at radius 2 is 1.97 bits per heavy atom. The Hall–Kier alpha value is -3.33. The van der Waals surface area contributed by atoms with Gasteiger partial charge in [0.05, 0.1) is 18.3 Å². The molecule has 9 heteroatoms. The highest BCUT2D eigenvalue weighted by molar-refractivity contribution is 6.07. The first kappa shape index (κ1) is 23.3. The number of esters is 2. The first-order valence-corrected chi connectivity index (χ1v) is 10.3. The summed E-state index contributed by atoms with van der Waals surface area (Å²) in [7, 11) is 1.52. The number of methoxy groups -OCH3 is 1. The van der Waals surface area contributed by atoms with Crippen molar-refractivity contribution < 1.29 is 28.2 Å². The van der Waals surface area contributed by atoms with Crippen LogP contribution in [0.2, 0.25) is 0 Å². The summed E-state index contributed by atoms with van der Waals surface area (Å²) in [6, 6.07) is 7.29. The van der Waals surface area contributed by atoms with Crippen LogP contribution in [-0.2, 0) is 23.8 Å². The zero-order valence-electron chi connectivity index (χ0n) is 18.8. The molecule has 2 aromatic rings. The molecule has 0 amide bonds. The van der Waals surface area contributed by atoms with Gasteiger partial charge in [-0.25, -0.2) is 4.79 Å². The van der Waals surface area contributed by atoms with Crippen LogP contribution in [0, 0.1) is 5.92 Å². The summed E-state index contributed by atoms with van der Waals surface area (Å²) in [5.74, 6) is -2.12. The standard InChI is InChI=1S/C23H27N3O6/c1-13(2)32-23(28)19-15(4)25-14(3)18(22(27)30-10-9-29-5)20(19)16-7-6-8-17(11-16)21-26-24-12-31-21/h6-8,11-13,19-20H,9-10H2,1-5H3. The Morgan fingerprint density at radius 3 is 2.62 bits per heavy atom. The highest BCUT2D eigenvalue weighted by Crippen LogP contribution is 2.41. The first-order chi connectivity index (χ1) is 15.3. The van der Waals surface area contributed by atoms with Crippen molar-refractivity contribution in [3.8, 4) is 11.5 Å². The van der Waals surface area contributed by atoms with Crippen LogP contribution >= 0.6 is 0 Å². The highest BCUT2D eigenvalue weighted by Gasteiger charge is 2.42. The second-order valence-corrected chi connectivity index (χ2v) is 7.69. The molecule has 3 rings (SSSR count). The minimum Gasteiger partial charge on any atom is -0.462 e. The quantitative estimate of drug-likeness (QED) is 0.453. The van der Waals surface area contributed by atoms with Crippen molar-refractivity contribution in [1.82, 2.24) is 10.2 Å². The molecule has 9 nitrogen and oxygen atoms in total. The third-order valence-electron chi connectivity index (χ3n) is 5.03. The number of benzene rings is 1. The Morgan fingerprint density at radius 1 is 1.19 bits per heavy atom. The molecule has 2 unspecified atom stereocenters. The van der Waals surface area contributed by atoms with E-state index < -0.39 is 23.8 Å². The Balaban J connectivity index is 2.09. The van der Waals surface area contributed by atoms with Crippen molar-refractivity contribution in [2.24, 2.45) is 10.9 Å². The summed E-state index contributed by atoms with van der Waals surface area (Å²) in [6.45, 7) is 7.40. The zero-order valence-corrected chi connectivity index (χ0v) is 18.8. The molecule has 0 fully saturated rings. The second kappa shape index (κ2) is 10.3. The molecule has 0 radical (unpaired) electrons. The number of nitrogens with zero attached hydrogens (tertiary/aromatic N) is 3. The molecular weight excluding hydrogens is 414 g/mol. The molecule has 1 aliphatic rings. The number of carbonyl (C=O) groups excluding carboxylic acids is 2. The topological polar surface area (TPSA) is 113 Å². The van der Waals surface area contributed by atoms with Crippen LogP contribution in [0.3, 0.4) is 0 Å². The van der Waals surface area contributed by atoms with Crippen LogP contribution in [-0.4, -0.2) is 54.3 Å². The van der Waals surface area contributed by atoms with Crippen LogP contribution in [0.1, 0.15) is 39.2 Å². The Bertz CT molecular complexity index is 1030. The molecule has 0 saturated carbocycles. The van der Waals surface area contributed by atoms with E-state index in [9.17, 15) is 9.59 Å². The Kier molecular flexibility index (Phi) is 7.53. The second-order valence-electron chi connectivity index (χ2n) is 7.69. The normalized spacial score (nSPS) is 18.5. The predicted molar refractivity (Wildman–Crippen MR) is 116 cm³/mol. The highest BCUT2D eigenvalue weighted by atomic mass is 16.6. The lowest BCUT2D eigenvalue weighted by molar-refractivity contribution is -0.150. The van der Waals surface area contributed by atoms with Crippen molar-refractivity contribution in [1.29, 1.82) is 0 Å². The summed E-state index contributed by atoms with van der Waals surface area (Å²) >= 11 is 0. The fraction of sp³-hybridized carbons (Fsp3) is 0.435. The number of allylic oxidation sites excluding steroid dienone is 1. The largest absolute Gasteiger partial charge is 0.462 e. The van der Waals surface area contributed by atoms with E-state index in [0.29, 0.717) is 34.0 Å². The number of ether oxygens (including phenoxy) is 3. The summed E-state index contributed by atoms with van der Waals surface area (Å²) in [5, 5.41) is 7.67. The van der Waals surface area contributed by atoms with Crippen molar-refractivity contribution in [2.75, 3.05) is 20.3 Å². The van der Waals surface area contributed by atoms with Crippen LogP contribution in [0.25, 0.3) is 11.5 Å². The van der Waals surface area contributed by atoms with Gasteiger partial charge in [-0.15, -0.1) is 10.2 Å². The van der Waals surface area contributed by atoms with E-state index in [4.69, 9.17) is 18.6 Å². The van der Waals surface area contributed by atoms with Crippen LogP contribution in [0.4, 0.5) is 0 Å². The lowest BCUT2D eigenvalue weighted by Crippen LogP contribution is -2.37. The molecule has 0 spiro atoms. The van der Waals surface area contributed by atoms with Gasteiger partial charge in [0.1, 0.15) is 12.5 Å². The van der Waals surface area contributed by atoms with Gasteiger partial charge < -0.3 is 18.6 Å². The molecule has 0 saturated heterocycles. The van der Waals surface area contributed by atoms with Crippen LogP contribution in [0.15, 0.2) is 51.3 Å². The maximum absolute atomic E-state index is 13.1. The molecule has 0 N–H and O–H groups in total. The molecule has 2 atom stereocenters. The molecule has 0 aliphatic carbocycles. The van der Waals surface area contributed by atoms with E-state index in [0.717, 1.165) is 0 Å². The molecule has 2 heterocycles. The lowest BCUT2D eigenvalue weighted by atomic mass is 9.75. The molecule has 170 valence electrons. The van der Waals surface area contributed by atoms with Gasteiger partial charge in [-0.3, -0.25) is 9.79 Å². The molecule has 0 bridgehead atoms. The molecule has 1 aromatic carbocycles. The van der Waals surface area contributed by atoms with Crippen molar-refractivity contribution in [3.05, 3.63) is 47.5 Å². The van der Waals surface area contributed by atoms with E-state index in [-0.39, 0.29) is 19.3 Å². The van der Waals surface area contributed by atoms with E-state index in [1.54, 1.807) is 27.7 Å². The van der Waals surface area contributed by atoms with Crippen molar-refractivity contribution >= 4 is 17.7 Å². The van der Waals surface area contributed by atoms with E-state index in [1.165, 1.54) is 13.5 Å². The van der Waals surface area contributed by atoms with Crippen molar-refractivity contribution in [3.63, 3.8) is 0 Å². The summed E-state index contributed by atoms with van der Waals surface area (Å²) in [5.41, 5.74) is 2.74. The summed E-state index contributed by atoms with van der Waals surface area (Å²) < 4.78 is 21.2. The number of aromatic nitrogens is 2.